The molecule has 0 saturated heterocycles. The van der Waals surface area contributed by atoms with Crippen LogP contribution in [0.4, 0.5) is 5.69 Å². The Labute approximate surface area is 149 Å². The highest BCUT2D eigenvalue weighted by molar-refractivity contribution is 6.30. The lowest BCUT2D eigenvalue weighted by Crippen LogP contribution is -2.55. The van der Waals surface area contributed by atoms with E-state index < -0.39 is 0 Å². The Morgan fingerprint density at radius 2 is 1.71 bits per heavy atom. The van der Waals surface area contributed by atoms with Crippen molar-refractivity contribution >= 4 is 23.2 Å². The van der Waals surface area contributed by atoms with Crippen molar-refractivity contribution in [3.8, 4) is 0 Å². The summed E-state index contributed by atoms with van der Waals surface area (Å²) in [4.78, 5) is 14.3. The largest absolute Gasteiger partial charge is 0.307 e. The molecule has 0 unspecified atom stereocenters. The summed E-state index contributed by atoms with van der Waals surface area (Å²) in [6.07, 6.45) is 0.859. The van der Waals surface area contributed by atoms with E-state index in [1.54, 1.807) is 6.92 Å². The van der Waals surface area contributed by atoms with Gasteiger partial charge < -0.3 is 4.90 Å². The van der Waals surface area contributed by atoms with E-state index in [1.807, 2.05) is 17.0 Å². The minimum atomic E-state index is -0.261. The SMILES string of the molecule is CC(=O)N1c2ccc(C)cc2[C@@](C)(c2ccc(Cl)cc2)CC1(C)C. The van der Waals surface area contributed by atoms with Gasteiger partial charge >= 0.3 is 0 Å². The van der Waals surface area contributed by atoms with Gasteiger partial charge in [0.2, 0.25) is 5.91 Å². The second kappa shape index (κ2) is 5.63. The van der Waals surface area contributed by atoms with E-state index in [2.05, 4.69) is 58.0 Å². The van der Waals surface area contributed by atoms with Crippen LogP contribution in [-0.4, -0.2) is 11.4 Å². The van der Waals surface area contributed by atoms with Crippen molar-refractivity contribution in [2.24, 2.45) is 0 Å². The fourth-order valence-electron chi connectivity index (χ4n) is 4.32. The highest BCUT2D eigenvalue weighted by Gasteiger charge is 2.46. The van der Waals surface area contributed by atoms with Gasteiger partial charge in [-0.05, 0) is 56.5 Å². The van der Waals surface area contributed by atoms with Crippen molar-refractivity contribution in [1.82, 2.24) is 0 Å². The van der Waals surface area contributed by atoms with Crippen LogP contribution < -0.4 is 4.90 Å². The molecule has 2 nitrogen and oxygen atoms in total. The number of carbonyl (C=O) groups is 1. The third-order valence-corrected chi connectivity index (χ3v) is 5.43. The van der Waals surface area contributed by atoms with Crippen LogP contribution in [-0.2, 0) is 10.2 Å². The van der Waals surface area contributed by atoms with E-state index in [9.17, 15) is 4.79 Å². The Bertz CT molecular complexity index is 794. The maximum Gasteiger partial charge on any atom is 0.224 e. The normalized spacial score (nSPS) is 22.2. The fraction of sp³-hybridized carbons (Fsp3) is 0.381. The number of anilines is 1. The Kier molecular flexibility index (Phi) is 4.00. The second-order valence-electron chi connectivity index (χ2n) is 7.70. The van der Waals surface area contributed by atoms with Crippen molar-refractivity contribution in [2.75, 3.05) is 4.90 Å². The molecule has 0 bridgehead atoms. The summed E-state index contributed by atoms with van der Waals surface area (Å²) >= 11 is 6.09. The highest BCUT2D eigenvalue weighted by Crippen LogP contribution is 2.50. The van der Waals surface area contributed by atoms with Crippen LogP contribution in [0, 0.1) is 6.92 Å². The van der Waals surface area contributed by atoms with Crippen molar-refractivity contribution in [3.63, 3.8) is 0 Å². The number of amides is 1. The molecule has 3 heteroatoms. The lowest BCUT2D eigenvalue weighted by molar-refractivity contribution is -0.117. The van der Waals surface area contributed by atoms with Crippen LogP contribution in [0.5, 0.6) is 0 Å². The molecule has 1 atom stereocenters. The van der Waals surface area contributed by atoms with Crippen molar-refractivity contribution in [1.29, 1.82) is 0 Å². The summed E-state index contributed by atoms with van der Waals surface area (Å²) in [5.74, 6) is 0.0864. The predicted octanol–water partition coefficient (Wildman–Crippen LogP) is 5.49. The van der Waals surface area contributed by atoms with E-state index in [4.69, 9.17) is 11.6 Å². The molecule has 2 aromatic carbocycles. The molecule has 0 aliphatic carbocycles. The van der Waals surface area contributed by atoms with Gasteiger partial charge in [0.1, 0.15) is 0 Å². The minimum Gasteiger partial charge on any atom is -0.307 e. The van der Waals surface area contributed by atoms with Crippen molar-refractivity contribution in [3.05, 3.63) is 64.2 Å². The molecule has 0 saturated carbocycles. The van der Waals surface area contributed by atoms with Gasteiger partial charge in [0.05, 0.1) is 0 Å². The van der Waals surface area contributed by atoms with Crippen LogP contribution in [0.3, 0.4) is 0 Å². The molecule has 1 amide bonds. The smallest absolute Gasteiger partial charge is 0.224 e. The molecule has 0 N–H and O–H groups in total. The molecule has 2 aromatic rings. The van der Waals surface area contributed by atoms with E-state index in [-0.39, 0.29) is 16.9 Å². The Balaban J connectivity index is 2.28. The maximum atomic E-state index is 12.4. The molecule has 1 aliphatic heterocycles. The molecule has 0 radical (unpaired) electrons. The molecule has 0 spiro atoms. The van der Waals surface area contributed by atoms with Gasteiger partial charge in [0.25, 0.3) is 0 Å². The van der Waals surface area contributed by atoms with E-state index in [1.165, 1.54) is 16.7 Å². The average molecular weight is 342 g/mol. The number of benzene rings is 2. The predicted molar refractivity (Wildman–Crippen MR) is 101 cm³/mol. The summed E-state index contributed by atoms with van der Waals surface area (Å²) in [5.41, 5.74) is 4.23. The first-order chi connectivity index (χ1) is 11.1. The Morgan fingerprint density at radius 3 is 2.29 bits per heavy atom. The van der Waals surface area contributed by atoms with E-state index in [0.717, 1.165) is 17.1 Å². The zero-order valence-corrected chi connectivity index (χ0v) is 15.7. The van der Waals surface area contributed by atoms with Gasteiger partial charge in [-0.3, -0.25) is 4.79 Å². The van der Waals surface area contributed by atoms with Crippen LogP contribution in [0.25, 0.3) is 0 Å². The van der Waals surface area contributed by atoms with Crippen LogP contribution in [0.2, 0.25) is 5.02 Å². The number of nitrogens with zero attached hydrogens (tertiary/aromatic N) is 1. The zero-order valence-electron chi connectivity index (χ0n) is 15.0. The van der Waals surface area contributed by atoms with E-state index in [0.29, 0.717) is 0 Å². The molecule has 126 valence electrons. The third-order valence-electron chi connectivity index (χ3n) is 5.18. The minimum absolute atomic E-state index is 0.0864. The molecular weight excluding hydrogens is 318 g/mol. The topological polar surface area (TPSA) is 20.3 Å². The average Bonchev–Trinajstić information content (AvgIpc) is 2.47. The number of hydrogen-bond donors (Lipinski definition) is 0. The van der Waals surface area contributed by atoms with Crippen LogP contribution in [0.1, 0.15) is 50.8 Å². The summed E-state index contributed by atoms with van der Waals surface area (Å²) < 4.78 is 0. The summed E-state index contributed by atoms with van der Waals surface area (Å²) in [6, 6.07) is 14.5. The summed E-state index contributed by atoms with van der Waals surface area (Å²) in [7, 11) is 0. The standard InChI is InChI=1S/C21H24ClNO/c1-14-6-11-19-18(12-14)21(5,16-7-9-17(22)10-8-16)13-20(3,4)23(19)15(2)24/h6-12H,13H2,1-5H3/t21-/m1/s1. The van der Waals surface area contributed by atoms with Crippen LogP contribution in [0.15, 0.2) is 42.5 Å². The maximum absolute atomic E-state index is 12.4. The molecular formula is C21H24ClNO. The zero-order chi connectivity index (χ0) is 17.7. The monoisotopic (exact) mass is 341 g/mol. The van der Waals surface area contributed by atoms with Gasteiger partial charge in [0.15, 0.2) is 0 Å². The number of hydrogen-bond acceptors (Lipinski definition) is 1. The lowest BCUT2D eigenvalue weighted by Gasteiger charge is -2.51. The first-order valence-electron chi connectivity index (χ1n) is 8.33. The molecule has 3 rings (SSSR count). The summed E-state index contributed by atoms with van der Waals surface area (Å²) in [5, 5.41) is 0.743. The molecule has 1 aliphatic rings. The summed E-state index contributed by atoms with van der Waals surface area (Å²) in [6.45, 7) is 10.3. The Morgan fingerprint density at radius 1 is 1.08 bits per heavy atom. The van der Waals surface area contributed by atoms with Gasteiger partial charge in [-0.15, -0.1) is 0 Å². The van der Waals surface area contributed by atoms with Gasteiger partial charge in [-0.2, -0.15) is 0 Å². The Hall–Kier alpha value is -1.80. The van der Waals surface area contributed by atoms with Gasteiger partial charge in [-0.25, -0.2) is 0 Å². The van der Waals surface area contributed by atoms with Gasteiger partial charge in [0, 0.05) is 28.6 Å². The fourth-order valence-corrected chi connectivity index (χ4v) is 4.45. The molecule has 1 heterocycles. The number of carbonyl (C=O) groups excluding carboxylic acids is 1. The number of halogens is 1. The lowest BCUT2D eigenvalue weighted by atomic mass is 9.65. The highest BCUT2D eigenvalue weighted by atomic mass is 35.5. The quantitative estimate of drug-likeness (QED) is 0.671. The molecule has 24 heavy (non-hydrogen) atoms. The second-order valence-corrected chi connectivity index (χ2v) is 8.14. The third kappa shape index (κ3) is 2.63. The molecule has 0 aromatic heterocycles. The first-order valence-corrected chi connectivity index (χ1v) is 8.71. The van der Waals surface area contributed by atoms with E-state index >= 15 is 0 Å². The van der Waals surface area contributed by atoms with Crippen molar-refractivity contribution < 1.29 is 4.79 Å². The number of fused-ring (bicyclic) bond motifs is 1. The number of aryl methyl sites for hydroxylation is 1. The first kappa shape index (κ1) is 17.0. The number of rotatable bonds is 1. The van der Waals surface area contributed by atoms with Crippen LogP contribution >= 0.6 is 11.6 Å². The van der Waals surface area contributed by atoms with Gasteiger partial charge in [-0.1, -0.05) is 48.4 Å². The van der Waals surface area contributed by atoms with Crippen molar-refractivity contribution in [2.45, 2.75) is 52.0 Å². The molecule has 0 fully saturated rings.